The third-order valence-electron chi connectivity index (χ3n) is 6.46. The monoisotopic (exact) mass is 540 g/mol. The summed E-state index contributed by atoms with van der Waals surface area (Å²) >= 11 is 12.0. The van der Waals surface area contributed by atoms with Crippen molar-refractivity contribution in [2.75, 3.05) is 4.90 Å². The van der Waals surface area contributed by atoms with Crippen LogP contribution < -0.4 is 15.0 Å². The van der Waals surface area contributed by atoms with Crippen LogP contribution >= 0.6 is 23.8 Å². The summed E-state index contributed by atoms with van der Waals surface area (Å²) in [6, 6.07) is 31.5. The van der Waals surface area contributed by atoms with Crippen LogP contribution in [-0.4, -0.2) is 14.7 Å². The van der Waals surface area contributed by atoms with Gasteiger partial charge >= 0.3 is 0 Å². The Morgan fingerprint density at radius 3 is 2.32 bits per heavy atom. The Morgan fingerprint density at radius 2 is 1.58 bits per heavy atom. The Hall–Kier alpha value is -4.20. The van der Waals surface area contributed by atoms with Crippen molar-refractivity contribution in [3.8, 4) is 17.2 Å². The number of rotatable bonds is 6. The molecule has 0 amide bonds. The molecule has 2 atom stereocenters. The summed E-state index contributed by atoms with van der Waals surface area (Å²) in [7, 11) is 0. The summed E-state index contributed by atoms with van der Waals surface area (Å²) in [5, 5.41) is 4.12. The van der Waals surface area contributed by atoms with Crippen LogP contribution in [0.3, 0.4) is 0 Å². The number of halogens is 2. The molecule has 0 saturated carbocycles. The molecular formula is C30H22ClFN4OS. The minimum Gasteiger partial charge on any atom is -0.457 e. The van der Waals surface area contributed by atoms with Crippen LogP contribution in [0.15, 0.2) is 116 Å². The Labute approximate surface area is 230 Å². The number of aromatic nitrogens is 2. The van der Waals surface area contributed by atoms with E-state index in [1.54, 1.807) is 18.3 Å². The van der Waals surface area contributed by atoms with E-state index in [9.17, 15) is 4.39 Å². The van der Waals surface area contributed by atoms with Gasteiger partial charge in [0.15, 0.2) is 5.11 Å². The molecule has 2 aromatic heterocycles. The fraction of sp³-hybridized carbons (Fsp3) is 0.0667. The molecule has 1 aliphatic rings. The lowest BCUT2D eigenvalue weighted by Gasteiger charge is -2.29. The second-order valence-electron chi connectivity index (χ2n) is 8.81. The third kappa shape index (κ3) is 4.62. The summed E-state index contributed by atoms with van der Waals surface area (Å²) in [6.45, 7) is 0. The van der Waals surface area contributed by atoms with Crippen LogP contribution in [0, 0.1) is 5.82 Å². The van der Waals surface area contributed by atoms with Crippen molar-refractivity contribution >= 4 is 34.6 Å². The molecule has 1 fully saturated rings. The summed E-state index contributed by atoms with van der Waals surface area (Å²) in [6.07, 6.45) is 3.71. The fourth-order valence-electron chi connectivity index (χ4n) is 4.74. The van der Waals surface area contributed by atoms with Gasteiger partial charge in [0.25, 0.3) is 0 Å². The van der Waals surface area contributed by atoms with Gasteiger partial charge in [-0.05, 0) is 91.1 Å². The molecule has 6 rings (SSSR count). The van der Waals surface area contributed by atoms with Crippen molar-refractivity contribution in [3.05, 3.63) is 138 Å². The molecule has 8 heteroatoms. The summed E-state index contributed by atoms with van der Waals surface area (Å²) in [5.74, 6) is 1.03. The molecule has 1 aliphatic heterocycles. The Kier molecular flexibility index (Phi) is 6.54. The number of nitrogens with zero attached hydrogens (tertiary/aromatic N) is 3. The molecule has 5 aromatic rings. The van der Waals surface area contributed by atoms with Crippen LogP contribution in [0.1, 0.15) is 23.5 Å². The van der Waals surface area contributed by atoms with Gasteiger partial charge in [-0.25, -0.2) is 4.39 Å². The largest absolute Gasteiger partial charge is 0.457 e. The number of hydrogen-bond donors (Lipinski definition) is 1. The van der Waals surface area contributed by atoms with Crippen molar-refractivity contribution in [3.63, 3.8) is 0 Å². The van der Waals surface area contributed by atoms with Gasteiger partial charge in [-0.1, -0.05) is 35.9 Å². The Morgan fingerprint density at radius 1 is 0.842 bits per heavy atom. The Balaban J connectivity index is 1.41. The smallest absolute Gasteiger partial charge is 0.174 e. The molecule has 0 aliphatic carbocycles. The normalized spacial score (nSPS) is 16.9. The van der Waals surface area contributed by atoms with E-state index in [2.05, 4.69) is 15.2 Å². The number of benzene rings is 3. The van der Waals surface area contributed by atoms with Gasteiger partial charge in [0.05, 0.1) is 16.8 Å². The van der Waals surface area contributed by atoms with Crippen LogP contribution in [-0.2, 0) is 0 Å². The molecular weight excluding hydrogens is 519 g/mol. The molecule has 1 N–H and O–H groups in total. The van der Waals surface area contributed by atoms with E-state index < -0.39 is 5.82 Å². The van der Waals surface area contributed by atoms with E-state index in [-0.39, 0.29) is 17.1 Å². The van der Waals surface area contributed by atoms with Gasteiger partial charge in [0.1, 0.15) is 23.4 Å². The summed E-state index contributed by atoms with van der Waals surface area (Å²) < 4.78 is 21.9. The lowest BCUT2D eigenvalue weighted by molar-refractivity contribution is 0.482. The quantitative estimate of drug-likeness (QED) is 0.224. The zero-order chi connectivity index (χ0) is 26.1. The minimum absolute atomic E-state index is 0.0642. The molecule has 0 bridgehead atoms. The highest BCUT2D eigenvalue weighted by Crippen LogP contribution is 2.42. The van der Waals surface area contributed by atoms with Crippen LogP contribution in [0.25, 0.3) is 5.69 Å². The van der Waals surface area contributed by atoms with Crippen molar-refractivity contribution in [1.29, 1.82) is 0 Å². The lowest BCUT2D eigenvalue weighted by atomic mass is 10.0. The van der Waals surface area contributed by atoms with E-state index in [1.807, 2.05) is 95.7 Å². The number of ether oxygens (including phenoxy) is 1. The van der Waals surface area contributed by atoms with E-state index in [0.29, 0.717) is 5.11 Å². The zero-order valence-corrected chi connectivity index (χ0v) is 21.6. The van der Waals surface area contributed by atoms with Crippen molar-refractivity contribution in [2.45, 2.75) is 12.1 Å². The van der Waals surface area contributed by atoms with Crippen molar-refractivity contribution < 1.29 is 9.13 Å². The van der Waals surface area contributed by atoms with Gasteiger partial charge in [-0.3, -0.25) is 4.98 Å². The maximum Gasteiger partial charge on any atom is 0.174 e. The molecule has 1 saturated heterocycles. The predicted molar refractivity (Wildman–Crippen MR) is 152 cm³/mol. The maximum absolute atomic E-state index is 13.9. The Bertz CT molecular complexity index is 1580. The van der Waals surface area contributed by atoms with Gasteiger partial charge < -0.3 is 19.5 Å². The number of thiocarbonyl (C=S) groups is 1. The summed E-state index contributed by atoms with van der Waals surface area (Å²) in [5.41, 5.74) is 3.45. The molecule has 3 heterocycles. The SMILES string of the molecule is Fc1ccc(-n2cccc2[C@H]2[C@H](c3ccccn3)NC(=S)N2c2ccc(Oc3ccccc3)cc2)cc1Cl. The molecule has 188 valence electrons. The number of anilines is 1. The summed E-state index contributed by atoms with van der Waals surface area (Å²) in [4.78, 5) is 6.71. The highest BCUT2D eigenvalue weighted by Gasteiger charge is 2.42. The number of pyridine rings is 1. The molecule has 3 aromatic carbocycles. The second-order valence-corrected chi connectivity index (χ2v) is 9.60. The first kappa shape index (κ1) is 24.2. The molecule has 0 spiro atoms. The zero-order valence-electron chi connectivity index (χ0n) is 20.0. The van der Waals surface area contributed by atoms with Crippen LogP contribution in [0.5, 0.6) is 11.5 Å². The number of hydrogen-bond acceptors (Lipinski definition) is 3. The van der Waals surface area contributed by atoms with E-state index in [1.165, 1.54) is 6.07 Å². The second kappa shape index (κ2) is 10.3. The third-order valence-corrected chi connectivity index (χ3v) is 7.06. The first-order valence-corrected chi connectivity index (χ1v) is 12.8. The highest BCUT2D eigenvalue weighted by atomic mass is 35.5. The van der Waals surface area contributed by atoms with E-state index in [4.69, 9.17) is 28.6 Å². The maximum atomic E-state index is 13.9. The van der Waals surface area contributed by atoms with Gasteiger partial charge in [0, 0.05) is 29.5 Å². The lowest BCUT2D eigenvalue weighted by Crippen LogP contribution is -2.30. The van der Waals surface area contributed by atoms with Gasteiger partial charge in [-0.15, -0.1) is 0 Å². The van der Waals surface area contributed by atoms with Gasteiger partial charge in [-0.2, -0.15) is 0 Å². The number of nitrogens with one attached hydrogen (secondary N) is 1. The predicted octanol–water partition coefficient (Wildman–Crippen LogP) is 7.63. The fourth-order valence-corrected chi connectivity index (χ4v) is 5.26. The first-order chi connectivity index (χ1) is 18.6. The first-order valence-electron chi connectivity index (χ1n) is 12.0. The van der Waals surface area contributed by atoms with Crippen molar-refractivity contribution in [1.82, 2.24) is 14.9 Å². The minimum atomic E-state index is -0.460. The molecule has 0 radical (unpaired) electrons. The average molecular weight is 541 g/mol. The molecule has 5 nitrogen and oxygen atoms in total. The van der Waals surface area contributed by atoms with E-state index in [0.717, 1.165) is 34.3 Å². The standard InChI is InChI=1S/C30H22ClFN4OS/c31-24-19-21(13-16-25(24)32)35-18-6-10-27(35)29-28(26-9-4-5-17-33-26)34-30(38)36(29)20-11-14-23(15-12-20)37-22-7-2-1-3-8-22/h1-19,28-29H,(H,34,38)/t28-,29-/m0/s1. The average Bonchev–Trinajstić information content (AvgIpc) is 3.56. The molecule has 38 heavy (non-hydrogen) atoms. The van der Waals surface area contributed by atoms with E-state index >= 15 is 0 Å². The van der Waals surface area contributed by atoms with Crippen molar-refractivity contribution in [2.24, 2.45) is 0 Å². The van der Waals surface area contributed by atoms with Crippen LogP contribution in [0.2, 0.25) is 5.02 Å². The van der Waals surface area contributed by atoms with Crippen LogP contribution in [0.4, 0.5) is 10.1 Å². The number of para-hydroxylation sites is 1. The topological polar surface area (TPSA) is 42.3 Å². The highest BCUT2D eigenvalue weighted by molar-refractivity contribution is 7.80. The van der Waals surface area contributed by atoms with Gasteiger partial charge in [0.2, 0.25) is 0 Å². The molecule has 0 unspecified atom stereocenters.